The molecule has 8 nitrogen and oxygen atoms in total. The fourth-order valence-corrected chi connectivity index (χ4v) is 3.83. The van der Waals surface area contributed by atoms with Gasteiger partial charge in [0.15, 0.2) is 6.61 Å². The van der Waals surface area contributed by atoms with Crippen LogP contribution >= 0.6 is 0 Å². The lowest BCUT2D eigenvalue weighted by atomic mass is 9.82. The molecule has 0 bridgehead atoms. The van der Waals surface area contributed by atoms with Gasteiger partial charge in [-0.2, -0.15) is 0 Å². The smallest absolute Gasteiger partial charge is 0.484 e. The molecule has 1 aromatic carbocycles. The Morgan fingerprint density at radius 3 is 2.52 bits per heavy atom. The van der Waals surface area contributed by atoms with Crippen molar-refractivity contribution in [1.29, 1.82) is 0 Å². The maximum Gasteiger partial charge on any atom is 0.522 e. The maximum absolute atomic E-state index is 12.9. The zero-order valence-corrected chi connectivity index (χ0v) is 17.7. The molecule has 1 aromatic heterocycles. The molecule has 2 heterocycles. The second kappa shape index (κ2) is 9.64. The Kier molecular flexibility index (Phi) is 6.84. The van der Waals surface area contributed by atoms with Crippen LogP contribution in [-0.2, 0) is 14.3 Å². The lowest BCUT2D eigenvalue weighted by Crippen LogP contribution is -2.47. The highest BCUT2D eigenvalue weighted by molar-refractivity contribution is 5.77. The van der Waals surface area contributed by atoms with Gasteiger partial charge in [0.05, 0.1) is 18.8 Å². The summed E-state index contributed by atoms with van der Waals surface area (Å²) in [4.78, 5) is 12.2. The van der Waals surface area contributed by atoms with Gasteiger partial charge in [0.1, 0.15) is 17.7 Å². The third kappa shape index (κ3) is 6.20. The number of carbonyl (C=O) groups is 1. The summed E-state index contributed by atoms with van der Waals surface area (Å²) < 4.78 is 70.4. The van der Waals surface area contributed by atoms with Crippen LogP contribution in [0.2, 0.25) is 0 Å². The molecule has 1 saturated heterocycles. The highest BCUT2D eigenvalue weighted by Crippen LogP contribution is 2.41. The molecule has 1 aliphatic carbocycles. The monoisotopic (exact) mass is 473 g/mol. The Balaban J connectivity index is 1.22. The van der Waals surface area contributed by atoms with E-state index < -0.39 is 24.4 Å². The van der Waals surface area contributed by atoms with E-state index in [9.17, 15) is 22.4 Å². The maximum atomic E-state index is 12.9. The SMILES string of the molecule is C[C@H]1C[C@H](c2nnc([C@H]3C[C@@H](OC(F)(F)F)C3)o2)OC[C@H]1NC(=O)COc1ccc(F)cc1. The second-order valence-electron chi connectivity index (χ2n) is 8.28. The van der Waals surface area contributed by atoms with Crippen LogP contribution in [0.5, 0.6) is 5.75 Å². The van der Waals surface area contributed by atoms with E-state index in [4.69, 9.17) is 13.9 Å². The highest BCUT2D eigenvalue weighted by atomic mass is 19.4. The molecule has 4 rings (SSSR count). The minimum absolute atomic E-state index is 0.0298. The van der Waals surface area contributed by atoms with E-state index in [1.165, 1.54) is 24.3 Å². The lowest BCUT2D eigenvalue weighted by molar-refractivity contribution is -0.352. The van der Waals surface area contributed by atoms with Gasteiger partial charge in [0, 0.05) is 5.92 Å². The average molecular weight is 473 g/mol. The van der Waals surface area contributed by atoms with Gasteiger partial charge in [-0.25, -0.2) is 4.39 Å². The van der Waals surface area contributed by atoms with Crippen molar-refractivity contribution in [3.8, 4) is 5.75 Å². The summed E-state index contributed by atoms with van der Waals surface area (Å²) in [6, 6.07) is 5.11. The van der Waals surface area contributed by atoms with Crippen molar-refractivity contribution in [2.45, 2.75) is 56.7 Å². The molecule has 180 valence electrons. The number of hydrogen-bond acceptors (Lipinski definition) is 7. The number of rotatable bonds is 7. The summed E-state index contributed by atoms with van der Waals surface area (Å²) in [6.07, 6.45) is -5.18. The Hall–Kier alpha value is -2.73. The molecule has 2 aliphatic rings. The van der Waals surface area contributed by atoms with E-state index in [0.717, 1.165) is 0 Å². The fourth-order valence-electron chi connectivity index (χ4n) is 3.83. The molecular formula is C21H23F4N3O5. The Labute approximate surface area is 186 Å². The topological polar surface area (TPSA) is 95.7 Å². The van der Waals surface area contributed by atoms with Crippen LogP contribution in [0, 0.1) is 11.7 Å². The average Bonchev–Trinajstić information content (AvgIpc) is 3.20. The molecule has 2 fully saturated rings. The zero-order valence-electron chi connectivity index (χ0n) is 17.7. The summed E-state index contributed by atoms with van der Waals surface area (Å²) in [7, 11) is 0. The Morgan fingerprint density at radius 2 is 1.85 bits per heavy atom. The number of nitrogens with zero attached hydrogens (tertiary/aromatic N) is 2. The molecule has 1 saturated carbocycles. The number of carbonyl (C=O) groups excluding carboxylic acids is 1. The number of halogens is 4. The molecule has 1 N–H and O–H groups in total. The molecule has 12 heteroatoms. The van der Waals surface area contributed by atoms with Gasteiger partial charge in [-0.15, -0.1) is 23.4 Å². The fraction of sp³-hybridized carbons (Fsp3) is 0.571. The van der Waals surface area contributed by atoms with Crippen LogP contribution in [-0.4, -0.2) is 47.8 Å². The number of benzene rings is 1. The van der Waals surface area contributed by atoms with Crippen LogP contribution in [0.1, 0.15) is 50.0 Å². The lowest BCUT2D eigenvalue weighted by Gasteiger charge is -2.34. The van der Waals surface area contributed by atoms with E-state index in [-0.39, 0.29) is 61.6 Å². The van der Waals surface area contributed by atoms with Gasteiger partial charge in [-0.1, -0.05) is 6.92 Å². The minimum atomic E-state index is -4.65. The van der Waals surface area contributed by atoms with E-state index >= 15 is 0 Å². The van der Waals surface area contributed by atoms with Gasteiger partial charge in [-0.05, 0) is 49.4 Å². The predicted molar refractivity (Wildman–Crippen MR) is 104 cm³/mol. The summed E-state index contributed by atoms with van der Waals surface area (Å²) in [6.45, 7) is 1.95. The summed E-state index contributed by atoms with van der Waals surface area (Å²) in [5.41, 5.74) is 0. The molecule has 1 amide bonds. The molecule has 33 heavy (non-hydrogen) atoms. The summed E-state index contributed by atoms with van der Waals surface area (Å²) in [5.74, 6) is -0.0447. The molecule has 1 aliphatic heterocycles. The van der Waals surface area contributed by atoms with Crippen molar-refractivity contribution in [3.05, 3.63) is 41.9 Å². The quantitative estimate of drug-likeness (QED) is 0.614. The van der Waals surface area contributed by atoms with Crippen molar-refractivity contribution in [2.24, 2.45) is 5.92 Å². The Morgan fingerprint density at radius 1 is 1.15 bits per heavy atom. The first kappa shape index (κ1) is 23.4. The van der Waals surface area contributed by atoms with Gasteiger partial charge in [-0.3, -0.25) is 9.53 Å². The largest absolute Gasteiger partial charge is 0.522 e. The third-order valence-corrected chi connectivity index (χ3v) is 5.76. The van der Waals surface area contributed by atoms with E-state index in [2.05, 4.69) is 20.3 Å². The number of hydrogen-bond donors (Lipinski definition) is 1. The minimum Gasteiger partial charge on any atom is -0.484 e. The van der Waals surface area contributed by atoms with Crippen molar-refractivity contribution in [3.63, 3.8) is 0 Å². The van der Waals surface area contributed by atoms with E-state index in [1.807, 2.05) is 6.92 Å². The van der Waals surface area contributed by atoms with Crippen molar-refractivity contribution < 1.29 is 41.0 Å². The Bertz CT molecular complexity index is 946. The normalized spacial score (nSPS) is 27.6. The predicted octanol–water partition coefficient (Wildman–Crippen LogP) is 3.65. The van der Waals surface area contributed by atoms with Crippen molar-refractivity contribution in [2.75, 3.05) is 13.2 Å². The van der Waals surface area contributed by atoms with E-state index in [1.54, 1.807) is 0 Å². The summed E-state index contributed by atoms with van der Waals surface area (Å²) in [5, 5.41) is 10.8. The van der Waals surface area contributed by atoms with Crippen molar-refractivity contribution in [1.82, 2.24) is 15.5 Å². The van der Waals surface area contributed by atoms with Gasteiger partial charge in [0.25, 0.3) is 5.91 Å². The van der Waals surface area contributed by atoms with E-state index in [0.29, 0.717) is 12.2 Å². The van der Waals surface area contributed by atoms with Crippen molar-refractivity contribution >= 4 is 5.91 Å². The molecule has 0 radical (unpaired) electrons. The van der Waals surface area contributed by atoms with Gasteiger partial charge < -0.3 is 19.2 Å². The molecule has 2 aromatic rings. The molecule has 0 spiro atoms. The first-order chi connectivity index (χ1) is 15.7. The highest BCUT2D eigenvalue weighted by Gasteiger charge is 2.43. The first-order valence-electron chi connectivity index (χ1n) is 10.5. The van der Waals surface area contributed by atoms with Gasteiger partial charge in [0.2, 0.25) is 11.8 Å². The molecule has 0 unspecified atom stereocenters. The molecule has 3 atom stereocenters. The third-order valence-electron chi connectivity index (χ3n) is 5.76. The first-order valence-corrected chi connectivity index (χ1v) is 10.5. The summed E-state index contributed by atoms with van der Waals surface area (Å²) >= 11 is 0. The number of aromatic nitrogens is 2. The van der Waals surface area contributed by atoms with Crippen LogP contribution in [0.4, 0.5) is 17.6 Å². The van der Waals surface area contributed by atoms with Crippen LogP contribution < -0.4 is 10.1 Å². The number of alkyl halides is 3. The number of amides is 1. The van der Waals surface area contributed by atoms with Crippen LogP contribution in [0.25, 0.3) is 0 Å². The number of ether oxygens (including phenoxy) is 3. The number of nitrogens with one attached hydrogen (secondary N) is 1. The van der Waals surface area contributed by atoms with Crippen LogP contribution in [0.15, 0.2) is 28.7 Å². The zero-order chi connectivity index (χ0) is 23.6. The standard InChI is InChI=1S/C21H23F4N3O5/c1-11-6-17(20-28-27-19(32-20)12-7-15(8-12)33-21(23,24)25)31-9-16(11)26-18(29)10-30-14-4-2-13(22)3-5-14/h2-5,11-12,15-17H,6-10H2,1H3,(H,26,29)/t11-,12-,15+,16+,17+/m0/s1. The second-order valence-corrected chi connectivity index (χ2v) is 8.28. The molecular weight excluding hydrogens is 450 g/mol. The van der Waals surface area contributed by atoms with Gasteiger partial charge >= 0.3 is 6.36 Å². The van der Waals surface area contributed by atoms with Crippen LogP contribution in [0.3, 0.4) is 0 Å².